The average molecular weight is 211 g/mol. The van der Waals surface area contributed by atoms with Crippen molar-refractivity contribution in [3.8, 4) is 11.5 Å². The van der Waals surface area contributed by atoms with Crippen molar-refractivity contribution in [2.24, 2.45) is 0 Å². The van der Waals surface area contributed by atoms with Crippen LogP contribution < -0.4 is 9.47 Å². The van der Waals surface area contributed by atoms with Crippen molar-refractivity contribution < 1.29 is 14.3 Å². The van der Waals surface area contributed by atoms with Gasteiger partial charge in [0, 0.05) is 0 Å². The highest BCUT2D eigenvalue weighted by atomic mass is 35.5. The molecule has 0 amide bonds. The van der Waals surface area contributed by atoms with Crippen LogP contribution in [0.15, 0.2) is 24.3 Å². The van der Waals surface area contributed by atoms with Crippen LogP contribution in [-0.2, 0) is 4.79 Å². The standard InChI is InChI=1S/C10H7ClO3/c11-8(3-4-12)7-1-2-9-10(5-7)14-6-13-9/h1-5H,6H2/b8-3-. The maximum absolute atomic E-state index is 10.2. The Bertz CT molecular complexity index is 398. The summed E-state index contributed by atoms with van der Waals surface area (Å²) in [5.74, 6) is 1.35. The molecule has 0 atom stereocenters. The highest BCUT2D eigenvalue weighted by Gasteiger charge is 2.13. The van der Waals surface area contributed by atoms with Crippen molar-refractivity contribution in [1.29, 1.82) is 0 Å². The lowest BCUT2D eigenvalue weighted by atomic mass is 10.2. The lowest BCUT2D eigenvalue weighted by Gasteiger charge is -2.00. The number of hydrogen-bond acceptors (Lipinski definition) is 3. The molecule has 0 aromatic heterocycles. The fourth-order valence-corrected chi connectivity index (χ4v) is 1.37. The molecule has 1 aliphatic heterocycles. The van der Waals surface area contributed by atoms with Crippen LogP contribution in [0.1, 0.15) is 5.56 Å². The summed E-state index contributed by atoms with van der Waals surface area (Å²) in [6, 6.07) is 5.28. The van der Waals surface area contributed by atoms with Crippen LogP contribution >= 0.6 is 11.6 Å². The Kier molecular flexibility index (Phi) is 2.41. The van der Waals surface area contributed by atoms with Crippen LogP contribution in [0.3, 0.4) is 0 Å². The van der Waals surface area contributed by atoms with E-state index in [1.54, 1.807) is 18.2 Å². The summed E-state index contributed by atoms with van der Waals surface area (Å²) in [5.41, 5.74) is 0.739. The van der Waals surface area contributed by atoms with Gasteiger partial charge in [-0.2, -0.15) is 0 Å². The SMILES string of the molecule is O=C/C=C(\Cl)c1ccc2c(c1)OCO2. The zero-order valence-corrected chi connectivity index (χ0v) is 7.95. The molecule has 0 saturated heterocycles. The molecular weight excluding hydrogens is 204 g/mol. The van der Waals surface area contributed by atoms with E-state index in [1.165, 1.54) is 6.08 Å². The predicted molar refractivity (Wildman–Crippen MR) is 52.5 cm³/mol. The molecule has 0 bridgehead atoms. The maximum atomic E-state index is 10.2. The van der Waals surface area contributed by atoms with E-state index in [-0.39, 0.29) is 6.79 Å². The largest absolute Gasteiger partial charge is 0.454 e. The minimum absolute atomic E-state index is 0.230. The van der Waals surface area contributed by atoms with Gasteiger partial charge in [0.15, 0.2) is 11.5 Å². The summed E-state index contributed by atoms with van der Waals surface area (Å²) in [7, 11) is 0. The normalized spacial score (nSPS) is 14.2. The first-order valence-electron chi connectivity index (χ1n) is 4.02. The third-order valence-corrected chi connectivity index (χ3v) is 2.21. The number of rotatable bonds is 2. The van der Waals surface area contributed by atoms with Crippen molar-refractivity contribution in [2.75, 3.05) is 6.79 Å². The van der Waals surface area contributed by atoms with Crippen LogP contribution in [0.2, 0.25) is 0 Å². The average Bonchev–Trinajstić information content (AvgIpc) is 2.64. The van der Waals surface area contributed by atoms with E-state index >= 15 is 0 Å². The van der Waals surface area contributed by atoms with E-state index in [1.807, 2.05) is 0 Å². The minimum Gasteiger partial charge on any atom is -0.454 e. The molecule has 3 nitrogen and oxygen atoms in total. The fraction of sp³-hybridized carbons (Fsp3) is 0.100. The third-order valence-electron chi connectivity index (χ3n) is 1.86. The summed E-state index contributed by atoms with van der Waals surface area (Å²) >= 11 is 5.84. The lowest BCUT2D eigenvalue weighted by molar-refractivity contribution is -0.104. The Balaban J connectivity index is 2.37. The van der Waals surface area contributed by atoms with Crippen LogP contribution in [-0.4, -0.2) is 13.1 Å². The second kappa shape index (κ2) is 3.72. The molecule has 0 radical (unpaired) electrons. The second-order valence-electron chi connectivity index (χ2n) is 2.72. The zero-order chi connectivity index (χ0) is 9.97. The van der Waals surface area contributed by atoms with Crippen molar-refractivity contribution >= 4 is 22.9 Å². The van der Waals surface area contributed by atoms with Crippen LogP contribution in [0.5, 0.6) is 11.5 Å². The lowest BCUT2D eigenvalue weighted by Crippen LogP contribution is -1.92. The molecule has 0 unspecified atom stereocenters. The molecule has 4 heteroatoms. The molecule has 14 heavy (non-hydrogen) atoms. The molecule has 2 rings (SSSR count). The van der Waals surface area contributed by atoms with Gasteiger partial charge in [-0.05, 0) is 29.8 Å². The molecule has 0 aliphatic carbocycles. The molecule has 0 fully saturated rings. The maximum Gasteiger partial charge on any atom is 0.231 e. The Morgan fingerprint density at radius 2 is 2.14 bits per heavy atom. The Hall–Kier alpha value is -1.48. The fourth-order valence-electron chi connectivity index (χ4n) is 1.20. The highest BCUT2D eigenvalue weighted by Crippen LogP contribution is 2.35. The van der Waals surface area contributed by atoms with E-state index in [0.29, 0.717) is 22.8 Å². The van der Waals surface area contributed by atoms with Gasteiger partial charge in [-0.25, -0.2) is 0 Å². The van der Waals surface area contributed by atoms with Gasteiger partial charge < -0.3 is 9.47 Å². The van der Waals surface area contributed by atoms with Gasteiger partial charge in [0.1, 0.15) is 6.29 Å². The van der Waals surface area contributed by atoms with Gasteiger partial charge in [0.05, 0.1) is 5.03 Å². The van der Waals surface area contributed by atoms with Crippen molar-refractivity contribution in [2.45, 2.75) is 0 Å². The Morgan fingerprint density at radius 3 is 2.93 bits per heavy atom. The van der Waals surface area contributed by atoms with Gasteiger partial charge in [-0.3, -0.25) is 4.79 Å². The van der Waals surface area contributed by atoms with Crippen molar-refractivity contribution in [3.63, 3.8) is 0 Å². The summed E-state index contributed by atoms with van der Waals surface area (Å²) in [6.45, 7) is 0.230. The number of carbonyl (C=O) groups is 1. The van der Waals surface area contributed by atoms with E-state index in [2.05, 4.69) is 0 Å². The molecule has 1 aliphatic rings. The highest BCUT2D eigenvalue weighted by molar-refractivity contribution is 6.49. The number of hydrogen-bond donors (Lipinski definition) is 0. The summed E-state index contributed by atoms with van der Waals surface area (Å²) in [6.07, 6.45) is 1.94. The van der Waals surface area contributed by atoms with Crippen LogP contribution in [0.4, 0.5) is 0 Å². The number of benzene rings is 1. The van der Waals surface area contributed by atoms with Gasteiger partial charge in [0.25, 0.3) is 0 Å². The zero-order valence-electron chi connectivity index (χ0n) is 7.20. The van der Waals surface area contributed by atoms with E-state index in [9.17, 15) is 4.79 Å². The van der Waals surface area contributed by atoms with Gasteiger partial charge in [-0.15, -0.1) is 0 Å². The number of ether oxygens (including phenoxy) is 2. The summed E-state index contributed by atoms with van der Waals surface area (Å²) < 4.78 is 10.3. The molecule has 72 valence electrons. The molecule has 0 spiro atoms. The van der Waals surface area contributed by atoms with Crippen molar-refractivity contribution in [1.82, 2.24) is 0 Å². The van der Waals surface area contributed by atoms with E-state index in [4.69, 9.17) is 21.1 Å². The first kappa shape index (κ1) is 9.09. The van der Waals surface area contributed by atoms with Gasteiger partial charge in [0.2, 0.25) is 6.79 Å². The topological polar surface area (TPSA) is 35.5 Å². The number of allylic oxidation sites excluding steroid dienone is 1. The van der Waals surface area contributed by atoms with Crippen LogP contribution in [0.25, 0.3) is 5.03 Å². The first-order chi connectivity index (χ1) is 6.81. The Labute approximate surface area is 85.9 Å². The summed E-state index contributed by atoms with van der Waals surface area (Å²) in [5, 5.41) is 0.387. The number of carbonyl (C=O) groups excluding carboxylic acids is 1. The molecule has 1 aromatic carbocycles. The molecule has 1 aromatic rings. The van der Waals surface area contributed by atoms with E-state index < -0.39 is 0 Å². The van der Waals surface area contributed by atoms with Gasteiger partial charge >= 0.3 is 0 Å². The summed E-state index contributed by atoms with van der Waals surface area (Å²) in [4.78, 5) is 10.2. The number of fused-ring (bicyclic) bond motifs is 1. The first-order valence-corrected chi connectivity index (χ1v) is 4.40. The molecule has 1 heterocycles. The van der Waals surface area contributed by atoms with E-state index in [0.717, 1.165) is 5.56 Å². The van der Waals surface area contributed by atoms with Crippen molar-refractivity contribution in [3.05, 3.63) is 29.8 Å². The monoisotopic (exact) mass is 210 g/mol. The smallest absolute Gasteiger partial charge is 0.231 e. The predicted octanol–water partition coefficient (Wildman–Crippen LogP) is 2.19. The quantitative estimate of drug-likeness (QED) is 0.555. The molecule has 0 saturated carbocycles. The Morgan fingerprint density at radius 1 is 1.36 bits per heavy atom. The molecular formula is C10H7ClO3. The third kappa shape index (κ3) is 1.59. The van der Waals surface area contributed by atoms with Crippen LogP contribution in [0, 0.1) is 0 Å². The number of halogens is 1. The second-order valence-corrected chi connectivity index (χ2v) is 3.13. The number of aldehydes is 1. The van der Waals surface area contributed by atoms with Gasteiger partial charge in [-0.1, -0.05) is 11.6 Å². The molecule has 0 N–H and O–H groups in total. The minimum atomic E-state index is 0.230.